The van der Waals surface area contributed by atoms with Crippen molar-refractivity contribution in [3.05, 3.63) is 33.3 Å². The zero-order valence-electron chi connectivity index (χ0n) is 9.41. The third kappa shape index (κ3) is 3.74. The highest BCUT2D eigenvalue weighted by Crippen LogP contribution is 2.32. The molecule has 0 aliphatic carbocycles. The number of hydrogen-bond donors (Lipinski definition) is 1. The number of aliphatic hydroxyl groups excluding tert-OH is 1. The lowest BCUT2D eigenvalue weighted by atomic mass is 9.95. The fourth-order valence-corrected chi connectivity index (χ4v) is 2.17. The van der Waals surface area contributed by atoms with E-state index in [1.165, 1.54) is 0 Å². The maximum Gasteiger partial charge on any atom is 0.0827 e. The average molecular weight is 308 g/mol. The summed E-state index contributed by atoms with van der Waals surface area (Å²) < 4.78 is 5.89. The number of benzene rings is 1. The first kappa shape index (κ1) is 14.0. The SMILES string of the molecule is COCCC(C)C(O)c1cc(Cl)ccc1Br. The minimum absolute atomic E-state index is 0.134. The van der Waals surface area contributed by atoms with Gasteiger partial charge in [-0.2, -0.15) is 0 Å². The Morgan fingerprint density at radius 3 is 2.81 bits per heavy atom. The molecule has 0 saturated heterocycles. The second kappa shape index (κ2) is 6.60. The Labute approximate surface area is 110 Å². The molecule has 2 nitrogen and oxygen atoms in total. The van der Waals surface area contributed by atoms with Gasteiger partial charge in [0.15, 0.2) is 0 Å². The van der Waals surface area contributed by atoms with Crippen LogP contribution in [0.15, 0.2) is 22.7 Å². The van der Waals surface area contributed by atoms with E-state index in [2.05, 4.69) is 15.9 Å². The van der Waals surface area contributed by atoms with Gasteiger partial charge in [0, 0.05) is 23.2 Å². The smallest absolute Gasteiger partial charge is 0.0827 e. The van der Waals surface area contributed by atoms with Crippen LogP contribution in [0.1, 0.15) is 25.0 Å². The van der Waals surface area contributed by atoms with Crippen molar-refractivity contribution in [1.82, 2.24) is 0 Å². The molecule has 0 aromatic heterocycles. The Hall–Kier alpha value is -0.0900. The standard InChI is InChI=1S/C12H16BrClO2/c1-8(5-6-16-2)12(15)10-7-9(14)3-4-11(10)13/h3-4,7-8,12,15H,5-6H2,1-2H3. The zero-order chi connectivity index (χ0) is 12.1. The van der Waals surface area contributed by atoms with Crippen molar-refractivity contribution >= 4 is 27.5 Å². The van der Waals surface area contributed by atoms with Gasteiger partial charge in [0.2, 0.25) is 0 Å². The van der Waals surface area contributed by atoms with Gasteiger partial charge in [-0.3, -0.25) is 0 Å². The first-order valence-corrected chi connectivity index (χ1v) is 6.35. The molecule has 0 radical (unpaired) electrons. The fraction of sp³-hybridized carbons (Fsp3) is 0.500. The van der Waals surface area contributed by atoms with Crippen LogP contribution in [-0.2, 0) is 4.74 Å². The van der Waals surface area contributed by atoms with E-state index in [9.17, 15) is 5.11 Å². The van der Waals surface area contributed by atoms with E-state index >= 15 is 0 Å². The van der Waals surface area contributed by atoms with Gasteiger partial charge in [-0.05, 0) is 36.1 Å². The molecule has 90 valence electrons. The molecule has 0 saturated carbocycles. The summed E-state index contributed by atoms with van der Waals surface area (Å²) in [6.45, 7) is 2.65. The van der Waals surface area contributed by atoms with Crippen molar-refractivity contribution in [3.8, 4) is 0 Å². The van der Waals surface area contributed by atoms with Crippen molar-refractivity contribution in [2.75, 3.05) is 13.7 Å². The second-order valence-electron chi connectivity index (χ2n) is 3.87. The molecular weight excluding hydrogens is 291 g/mol. The summed E-state index contributed by atoms with van der Waals surface area (Å²) in [5.41, 5.74) is 0.830. The molecule has 0 fully saturated rings. The average Bonchev–Trinajstić information content (AvgIpc) is 2.28. The lowest BCUT2D eigenvalue weighted by molar-refractivity contribution is 0.0881. The van der Waals surface area contributed by atoms with Gasteiger partial charge >= 0.3 is 0 Å². The molecule has 4 heteroatoms. The van der Waals surface area contributed by atoms with Gasteiger partial charge in [-0.1, -0.05) is 34.5 Å². The van der Waals surface area contributed by atoms with Crippen LogP contribution < -0.4 is 0 Å². The Balaban J connectivity index is 2.78. The van der Waals surface area contributed by atoms with Gasteiger partial charge in [-0.15, -0.1) is 0 Å². The maximum atomic E-state index is 10.2. The summed E-state index contributed by atoms with van der Waals surface area (Å²) in [6, 6.07) is 5.44. The van der Waals surface area contributed by atoms with E-state index in [-0.39, 0.29) is 5.92 Å². The van der Waals surface area contributed by atoms with E-state index in [1.54, 1.807) is 19.2 Å². The van der Waals surface area contributed by atoms with Crippen LogP contribution in [0.2, 0.25) is 5.02 Å². The van der Waals surface area contributed by atoms with Crippen molar-refractivity contribution in [3.63, 3.8) is 0 Å². The summed E-state index contributed by atoms with van der Waals surface area (Å²) in [7, 11) is 1.66. The van der Waals surface area contributed by atoms with Crippen LogP contribution in [0, 0.1) is 5.92 Å². The van der Waals surface area contributed by atoms with E-state index in [4.69, 9.17) is 16.3 Å². The van der Waals surface area contributed by atoms with Gasteiger partial charge in [0.1, 0.15) is 0 Å². The van der Waals surface area contributed by atoms with Crippen LogP contribution in [0.4, 0.5) is 0 Å². The summed E-state index contributed by atoms with van der Waals surface area (Å²) >= 11 is 9.33. The van der Waals surface area contributed by atoms with Crippen LogP contribution in [0.25, 0.3) is 0 Å². The quantitative estimate of drug-likeness (QED) is 0.896. The molecule has 0 spiro atoms. The molecule has 1 aromatic carbocycles. The molecule has 0 aliphatic heterocycles. The number of rotatable bonds is 5. The Kier molecular flexibility index (Phi) is 5.76. The summed E-state index contributed by atoms with van der Waals surface area (Å²) in [5, 5.41) is 10.8. The topological polar surface area (TPSA) is 29.5 Å². The molecule has 0 amide bonds. The number of methoxy groups -OCH3 is 1. The van der Waals surface area contributed by atoms with Crippen molar-refractivity contribution in [2.45, 2.75) is 19.4 Å². The van der Waals surface area contributed by atoms with Crippen molar-refractivity contribution < 1.29 is 9.84 Å². The normalized spacial score (nSPS) is 14.8. The van der Waals surface area contributed by atoms with E-state index in [0.717, 1.165) is 16.5 Å². The third-order valence-electron chi connectivity index (χ3n) is 2.59. The van der Waals surface area contributed by atoms with Crippen LogP contribution in [-0.4, -0.2) is 18.8 Å². The van der Waals surface area contributed by atoms with Gasteiger partial charge in [-0.25, -0.2) is 0 Å². The molecule has 2 atom stereocenters. The Morgan fingerprint density at radius 1 is 1.50 bits per heavy atom. The van der Waals surface area contributed by atoms with Crippen molar-refractivity contribution in [2.24, 2.45) is 5.92 Å². The second-order valence-corrected chi connectivity index (χ2v) is 5.16. The lowest BCUT2D eigenvalue weighted by Crippen LogP contribution is -2.12. The fourth-order valence-electron chi connectivity index (χ4n) is 1.51. The van der Waals surface area contributed by atoms with E-state index in [0.29, 0.717) is 11.6 Å². The molecule has 1 rings (SSSR count). The summed E-state index contributed by atoms with van der Waals surface area (Å²) in [4.78, 5) is 0. The molecule has 0 bridgehead atoms. The zero-order valence-corrected chi connectivity index (χ0v) is 11.8. The first-order valence-electron chi connectivity index (χ1n) is 5.18. The monoisotopic (exact) mass is 306 g/mol. The molecule has 1 N–H and O–H groups in total. The number of ether oxygens (including phenoxy) is 1. The highest BCUT2D eigenvalue weighted by Gasteiger charge is 2.18. The largest absolute Gasteiger partial charge is 0.388 e. The Bertz CT molecular complexity index is 344. The summed E-state index contributed by atoms with van der Waals surface area (Å²) in [5.74, 6) is 0.134. The van der Waals surface area contributed by atoms with Gasteiger partial charge in [0.05, 0.1) is 6.10 Å². The first-order chi connectivity index (χ1) is 7.56. The highest BCUT2D eigenvalue weighted by atomic mass is 79.9. The van der Waals surface area contributed by atoms with Gasteiger partial charge < -0.3 is 9.84 Å². The maximum absolute atomic E-state index is 10.2. The number of aliphatic hydroxyl groups is 1. The third-order valence-corrected chi connectivity index (χ3v) is 3.55. The minimum atomic E-state index is -0.525. The van der Waals surface area contributed by atoms with Crippen LogP contribution >= 0.6 is 27.5 Å². The molecule has 0 aliphatic rings. The highest BCUT2D eigenvalue weighted by molar-refractivity contribution is 9.10. The molecule has 16 heavy (non-hydrogen) atoms. The molecule has 1 aromatic rings. The van der Waals surface area contributed by atoms with Crippen LogP contribution in [0.3, 0.4) is 0 Å². The van der Waals surface area contributed by atoms with Gasteiger partial charge in [0.25, 0.3) is 0 Å². The predicted octanol–water partition coefficient (Wildman–Crippen LogP) is 3.81. The minimum Gasteiger partial charge on any atom is -0.388 e. The lowest BCUT2D eigenvalue weighted by Gasteiger charge is -2.20. The van der Waals surface area contributed by atoms with E-state index in [1.807, 2.05) is 13.0 Å². The molecular formula is C12H16BrClO2. The van der Waals surface area contributed by atoms with Crippen LogP contribution in [0.5, 0.6) is 0 Å². The number of halogens is 2. The summed E-state index contributed by atoms with van der Waals surface area (Å²) in [6.07, 6.45) is 0.291. The Morgan fingerprint density at radius 2 is 2.19 bits per heavy atom. The van der Waals surface area contributed by atoms with E-state index < -0.39 is 6.10 Å². The number of hydrogen-bond acceptors (Lipinski definition) is 2. The molecule has 2 unspecified atom stereocenters. The predicted molar refractivity (Wildman–Crippen MR) is 69.8 cm³/mol. The molecule has 0 heterocycles. The van der Waals surface area contributed by atoms with Crippen molar-refractivity contribution in [1.29, 1.82) is 0 Å².